The molecule has 2 rings (SSSR count). The molecule has 1 aromatic heterocycles. The molecular weight excluding hydrogens is 254 g/mol. The monoisotopic (exact) mass is 277 g/mol. The third-order valence-electron chi connectivity index (χ3n) is 4.44. The van der Waals surface area contributed by atoms with Crippen LogP contribution in [0.3, 0.4) is 0 Å². The zero-order valence-electron chi connectivity index (χ0n) is 12.7. The fourth-order valence-corrected chi connectivity index (χ4v) is 3.03. The highest BCUT2D eigenvalue weighted by atomic mass is 16.4. The number of carboxylic acids is 1. The largest absolute Gasteiger partial charge is 0.478 e. The van der Waals surface area contributed by atoms with E-state index in [0.29, 0.717) is 34.6 Å². The van der Waals surface area contributed by atoms with Gasteiger partial charge >= 0.3 is 5.97 Å². The van der Waals surface area contributed by atoms with Crippen LogP contribution >= 0.6 is 0 Å². The van der Waals surface area contributed by atoms with Crippen LogP contribution < -0.4 is 4.90 Å². The third kappa shape index (κ3) is 2.76. The number of anilines is 1. The van der Waals surface area contributed by atoms with E-state index in [0.717, 1.165) is 12.8 Å². The number of aryl methyl sites for hydroxylation is 1. The Morgan fingerprint density at radius 1 is 1.30 bits per heavy atom. The summed E-state index contributed by atoms with van der Waals surface area (Å²) in [4.78, 5) is 13.6. The summed E-state index contributed by atoms with van der Waals surface area (Å²) in [7, 11) is 1.94. The maximum atomic E-state index is 11.6. The van der Waals surface area contributed by atoms with Crippen LogP contribution in [0.4, 0.5) is 5.82 Å². The Morgan fingerprint density at radius 2 is 2.00 bits per heavy atom. The van der Waals surface area contributed by atoms with Crippen molar-refractivity contribution in [1.82, 2.24) is 10.2 Å². The van der Waals surface area contributed by atoms with Gasteiger partial charge in [0.2, 0.25) is 0 Å². The van der Waals surface area contributed by atoms with Crippen LogP contribution in [-0.2, 0) is 0 Å². The third-order valence-corrected chi connectivity index (χ3v) is 4.44. The van der Waals surface area contributed by atoms with Crippen molar-refractivity contribution in [3.05, 3.63) is 16.8 Å². The second-order valence-corrected chi connectivity index (χ2v) is 5.95. The van der Waals surface area contributed by atoms with Crippen molar-refractivity contribution in [2.45, 2.75) is 52.5 Å². The molecule has 0 bridgehead atoms. The number of carboxylic acid groups (broad SMARTS) is 1. The van der Waals surface area contributed by atoms with E-state index in [-0.39, 0.29) is 0 Å². The minimum Gasteiger partial charge on any atom is -0.478 e. The fraction of sp³-hybridized carbons (Fsp3) is 0.667. The summed E-state index contributed by atoms with van der Waals surface area (Å²) >= 11 is 0. The summed E-state index contributed by atoms with van der Waals surface area (Å²) in [5.41, 5.74) is 1.67. The lowest BCUT2D eigenvalue weighted by molar-refractivity contribution is 0.0696. The van der Waals surface area contributed by atoms with Crippen LogP contribution in [-0.4, -0.2) is 34.4 Å². The smallest absolute Gasteiger partial charge is 0.339 e. The highest BCUT2D eigenvalue weighted by Crippen LogP contribution is 2.31. The van der Waals surface area contributed by atoms with Crippen molar-refractivity contribution in [2.75, 3.05) is 11.9 Å². The van der Waals surface area contributed by atoms with Gasteiger partial charge in [-0.15, -0.1) is 5.10 Å². The molecule has 0 aliphatic heterocycles. The van der Waals surface area contributed by atoms with Gasteiger partial charge in [-0.25, -0.2) is 4.79 Å². The number of carbonyl (C=O) groups is 1. The average molecular weight is 277 g/mol. The van der Waals surface area contributed by atoms with E-state index in [1.807, 2.05) is 11.9 Å². The molecule has 0 aromatic carbocycles. The number of aromatic carboxylic acids is 1. The number of rotatable bonds is 3. The average Bonchev–Trinajstić information content (AvgIpc) is 2.40. The summed E-state index contributed by atoms with van der Waals surface area (Å²) in [5.74, 6) is 0.259. The molecule has 1 heterocycles. The maximum absolute atomic E-state index is 11.6. The van der Waals surface area contributed by atoms with Gasteiger partial charge in [0.1, 0.15) is 5.56 Å². The molecule has 1 aromatic rings. The van der Waals surface area contributed by atoms with Crippen LogP contribution in [0.1, 0.15) is 54.2 Å². The SMILES string of the molecule is Cc1nnc(N(C)C2CCCC(C)C2)c(C(=O)O)c1C. The fourth-order valence-electron chi connectivity index (χ4n) is 3.03. The molecule has 110 valence electrons. The first-order chi connectivity index (χ1) is 9.41. The van der Waals surface area contributed by atoms with Crippen LogP contribution in [0.2, 0.25) is 0 Å². The molecule has 20 heavy (non-hydrogen) atoms. The number of nitrogens with zero attached hydrogens (tertiary/aromatic N) is 3. The van der Waals surface area contributed by atoms with Gasteiger partial charge in [-0.3, -0.25) is 0 Å². The van der Waals surface area contributed by atoms with Crippen LogP contribution in [0.5, 0.6) is 0 Å². The zero-order chi connectivity index (χ0) is 14.9. The van der Waals surface area contributed by atoms with Gasteiger partial charge in [0.15, 0.2) is 5.82 Å². The van der Waals surface area contributed by atoms with Gasteiger partial charge in [-0.05, 0) is 38.2 Å². The molecule has 1 aliphatic rings. The molecule has 0 spiro atoms. The quantitative estimate of drug-likeness (QED) is 0.920. The minimum absolute atomic E-state index is 0.290. The highest BCUT2D eigenvalue weighted by molar-refractivity contribution is 5.95. The van der Waals surface area contributed by atoms with Crippen molar-refractivity contribution in [2.24, 2.45) is 5.92 Å². The molecule has 1 aliphatic carbocycles. The van der Waals surface area contributed by atoms with E-state index in [1.54, 1.807) is 13.8 Å². The van der Waals surface area contributed by atoms with Crippen molar-refractivity contribution in [3.63, 3.8) is 0 Å². The lowest BCUT2D eigenvalue weighted by Crippen LogP contribution is -2.37. The topological polar surface area (TPSA) is 66.3 Å². The summed E-state index contributed by atoms with van der Waals surface area (Å²) in [5, 5.41) is 17.7. The van der Waals surface area contributed by atoms with Gasteiger partial charge in [0, 0.05) is 13.1 Å². The van der Waals surface area contributed by atoms with Gasteiger partial charge in [-0.1, -0.05) is 19.8 Å². The first-order valence-electron chi connectivity index (χ1n) is 7.21. The number of aromatic nitrogens is 2. The normalized spacial score (nSPS) is 22.6. The standard InChI is InChI=1S/C15H23N3O2/c1-9-6-5-7-12(8-9)18(4)14-13(15(19)20)10(2)11(3)16-17-14/h9,12H,5-8H2,1-4H3,(H,19,20). The summed E-state index contributed by atoms with van der Waals surface area (Å²) in [6.07, 6.45) is 4.63. The maximum Gasteiger partial charge on any atom is 0.339 e. The van der Waals surface area contributed by atoms with E-state index in [1.165, 1.54) is 12.8 Å². The van der Waals surface area contributed by atoms with E-state index in [2.05, 4.69) is 17.1 Å². The van der Waals surface area contributed by atoms with Crippen LogP contribution in [0.15, 0.2) is 0 Å². The van der Waals surface area contributed by atoms with Gasteiger partial charge in [0.25, 0.3) is 0 Å². The molecule has 5 nitrogen and oxygen atoms in total. The van der Waals surface area contributed by atoms with E-state index >= 15 is 0 Å². The Labute approximate surface area is 120 Å². The molecule has 5 heteroatoms. The summed E-state index contributed by atoms with van der Waals surface area (Å²) in [6, 6.07) is 0.355. The molecular formula is C15H23N3O2. The predicted octanol–water partition coefficient (Wildman–Crippen LogP) is 2.81. The lowest BCUT2D eigenvalue weighted by Gasteiger charge is -2.35. The van der Waals surface area contributed by atoms with Gasteiger partial charge in [-0.2, -0.15) is 5.10 Å². The number of hydrogen-bond acceptors (Lipinski definition) is 4. The van der Waals surface area contributed by atoms with E-state index in [9.17, 15) is 9.90 Å². The second-order valence-electron chi connectivity index (χ2n) is 5.95. The number of hydrogen-bond donors (Lipinski definition) is 1. The van der Waals surface area contributed by atoms with E-state index in [4.69, 9.17) is 0 Å². The van der Waals surface area contributed by atoms with E-state index < -0.39 is 5.97 Å². The molecule has 0 amide bonds. The van der Waals surface area contributed by atoms with Crippen LogP contribution in [0.25, 0.3) is 0 Å². The molecule has 0 radical (unpaired) electrons. The summed E-state index contributed by atoms with van der Waals surface area (Å²) < 4.78 is 0. The molecule has 1 N–H and O–H groups in total. The zero-order valence-corrected chi connectivity index (χ0v) is 12.7. The summed E-state index contributed by atoms with van der Waals surface area (Å²) in [6.45, 7) is 5.85. The first-order valence-corrected chi connectivity index (χ1v) is 7.21. The molecule has 2 atom stereocenters. The Bertz CT molecular complexity index is 516. The lowest BCUT2D eigenvalue weighted by atomic mass is 9.86. The minimum atomic E-state index is -0.925. The first kappa shape index (κ1) is 14.8. The Balaban J connectivity index is 2.36. The molecule has 2 unspecified atom stereocenters. The second kappa shape index (κ2) is 5.77. The van der Waals surface area contributed by atoms with Crippen molar-refractivity contribution < 1.29 is 9.90 Å². The van der Waals surface area contributed by atoms with Crippen molar-refractivity contribution in [3.8, 4) is 0 Å². The Morgan fingerprint density at radius 3 is 2.60 bits per heavy atom. The molecule has 1 fully saturated rings. The predicted molar refractivity (Wildman–Crippen MR) is 78.3 cm³/mol. The van der Waals surface area contributed by atoms with Gasteiger partial charge in [0.05, 0.1) is 5.69 Å². The van der Waals surface area contributed by atoms with Crippen molar-refractivity contribution >= 4 is 11.8 Å². The molecule has 1 saturated carbocycles. The van der Waals surface area contributed by atoms with Gasteiger partial charge < -0.3 is 10.0 Å². The molecule has 0 saturated heterocycles. The Kier molecular flexibility index (Phi) is 4.26. The highest BCUT2D eigenvalue weighted by Gasteiger charge is 2.27. The Hall–Kier alpha value is -1.65. The van der Waals surface area contributed by atoms with Crippen LogP contribution in [0, 0.1) is 19.8 Å². The van der Waals surface area contributed by atoms with Crippen molar-refractivity contribution in [1.29, 1.82) is 0 Å².